The highest BCUT2D eigenvalue weighted by atomic mass is 19.1. The standard InChI is InChI=1S/C38H48FNO7/c1-25(40-36(42)47-38(5,6)7)31-12-10-13-32(35(31)39)29-19-27(20-30(21-29)44-23-26-15-17-43-18-16-26)24-45-33-14-9-8-11-28(33)22-34(41)46-37(2,3)4/h8-14,19-21,25-26H,15-18,22-24H2,1-7H3,(H,40,42). The zero-order valence-corrected chi connectivity index (χ0v) is 28.6. The Morgan fingerprint density at radius 1 is 0.915 bits per heavy atom. The summed E-state index contributed by atoms with van der Waals surface area (Å²) in [5.41, 5.74) is 1.51. The fourth-order valence-corrected chi connectivity index (χ4v) is 5.26. The summed E-state index contributed by atoms with van der Waals surface area (Å²) in [7, 11) is 0. The van der Waals surface area contributed by atoms with Gasteiger partial charge in [-0.1, -0.05) is 36.4 Å². The van der Waals surface area contributed by atoms with Crippen LogP contribution in [0.2, 0.25) is 0 Å². The first-order valence-corrected chi connectivity index (χ1v) is 16.2. The number of ether oxygens (including phenoxy) is 5. The number of amides is 1. The molecule has 1 fully saturated rings. The Morgan fingerprint density at radius 2 is 1.62 bits per heavy atom. The predicted molar refractivity (Wildman–Crippen MR) is 179 cm³/mol. The van der Waals surface area contributed by atoms with Crippen molar-refractivity contribution < 1.29 is 37.7 Å². The van der Waals surface area contributed by atoms with Crippen LogP contribution < -0.4 is 14.8 Å². The lowest BCUT2D eigenvalue weighted by molar-refractivity contribution is -0.153. The Hall–Kier alpha value is -4.11. The largest absolute Gasteiger partial charge is 0.493 e. The van der Waals surface area contributed by atoms with Crippen LogP contribution in [0.4, 0.5) is 9.18 Å². The Kier molecular flexibility index (Phi) is 11.9. The second-order valence-electron chi connectivity index (χ2n) is 14.0. The van der Waals surface area contributed by atoms with Crippen molar-refractivity contribution in [3.8, 4) is 22.6 Å². The lowest BCUT2D eigenvalue weighted by Crippen LogP contribution is -2.34. The topological polar surface area (TPSA) is 92.3 Å². The van der Waals surface area contributed by atoms with Gasteiger partial charge in [-0.25, -0.2) is 9.18 Å². The van der Waals surface area contributed by atoms with Crippen LogP contribution in [0.15, 0.2) is 60.7 Å². The van der Waals surface area contributed by atoms with Crippen molar-refractivity contribution in [2.45, 2.75) is 91.6 Å². The minimum atomic E-state index is -0.677. The van der Waals surface area contributed by atoms with Crippen molar-refractivity contribution in [1.82, 2.24) is 5.32 Å². The van der Waals surface area contributed by atoms with E-state index < -0.39 is 29.2 Å². The molecule has 1 aliphatic rings. The highest BCUT2D eigenvalue weighted by molar-refractivity contribution is 5.74. The number of carbonyl (C=O) groups is 2. The van der Waals surface area contributed by atoms with E-state index >= 15 is 4.39 Å². The molecule has 3 aromatic rings. The maximum atomic E-state index is 16.2. The lowest BCUT2D eigenvalue weighted by Gasteiger charge is -2.23. The average molecular weight is 650 g/mol. The van der Waals surface area contributed by atoms with Gasteiger partial charge in [-0.2, -0.15) is 0 Å². The number of nitrogens with one attached hydrogen (secondary N) is 1. The molecular weight excluding hydrogens is 601 g/mol. The van der Waals surface area contributed by atoms with Crippen molar-refractivity contribution in [3.05, 3.63) is 83.2 Å². The van der Waals surface area contributed by atoms with Crippen LogP contribution in [0.25, 0.3) is 11.1 Å². The third-order valence-corrected chi connectivity index (χ3v) is 7.45. The average Bonchev–Trinajstić information content (AvgIpc) is 2.98. The van der Waals surface area contributed by atoms with Gasteiger partial charge >= 0.3 is 12.1 Å². The summed E-state index contributed by atoms with van der Waals surface area (Å²) in [5, 5.41) is 2.73. The summed E-state index contributed by atoms with van der Waals surface area (Å²) < 4.78 is 45.0. The predicted octanol–water partition coefficient (Wildman–Crippen LogP) is 8.35. The number of benzene rings is 3. The van der Waals surface area contributed by atoms with Crippen LogP contribution in [-0.2, 0) is 32.0 Å². The number of alkyl carbamates (subject to hydrolysis) is 1. The van der Waals surface area contributed by atoms with E-state index in [0.717, 1.165) is 18.4 Å². The van der Waals surface area contributed by atoms with Gasteiger partial charge in [-0.3, -0.25) is 4.79 Å². The van der Waals surface area contributed by atoms with E-state index in [0.29, 0.717) is 59.5 Å². The van der Waals surface area contributed by atoms with Crippen LogP contribution in [0.3, 0.4) is 0 Å². The van der Waals surface area contributed by atoms with Crippen molar-refractivity contribution in [3.63, 3.8) is 0 Å². The van der Waals surface area contributed by atoms with E-state index in [1.54, 1.807) is 45.9 Å². The van der Waals surface area contributed by atoms with Gasteiger partial charge in [0.15, 0.2) is 0 Å². The number of rotatable bonds is 11. The fourth-order valence-electron chi connectivity index (χ4n) is 5.26. The quantitative estimate of drug-likeness (QED) is 0.209. The van der Waals surface area contributed by atoms with Crippen molar-refractivity contribution in [2.24, 2.45) is 5.92 Å². The minimum absolute atomic E-state index is 0.0699. The first-order chi connectivity index (χ1) is 22.2. The smallest absolute Gasteiger partial charge is 0.408 e. The molecule has 1 saturated heterocycles. The third-order valence-electron chi connectivity index (χ3n) is 7.45. The van der Waals surface area contributed by atoms with Gasteiger partial charge in [0.25, 0.3) is 0 Å². The molecule has 3 aromatic carbocycles. The maximum absolute atomic E-state index is 16.2. The van der Waals surface area contributed by atoms with Crippen molar-refractivity contribution in [1.29, 1.82) is 0 Å². The second-order valence-corrected chi connectivity index (χ2v) is 14.0. The highest BCUT2D eigenvalue weighted by Crippen LogP contribution is 2.33. The molecule has 0 bridgehead atoms. The molecular formula is C38H48FNO7. The molecule has 1 aliphatic heterocycles. The molecule has 8 nitrogen and oxygen atoms in total. The summed E-state index contributed by atoms with van der Waals surface area (Å²) in [6.45, 7) is 14.6. The first kappa shape index (κ1) is 35.7. The summed E-state index contributed by atoms with van der Waals surface area (Å²) in [6.07, 6.45) is 1.29. The van der Waals surface area contributed by atoms with Crippen LogP contribution in [0.1, 0.15) is 84.0 Å². The monoisotopic (exact) mass is 649 g/mol. The molecule has 254 valence electrons. The molecule has 47 heavy (non-hydrogen) atoms. The molecule has 4 rings (SSSR count). The van der Waals surface area contributed by atoms with E-state index in [1.807, 2.05) is 63.2 Å². The van der Waals surface area contributed by atoms with E-state index in [9.17, 15) is 9.59 Å². The lowest BCUT2D eigenvalue weighted by atomic mass is 9.97. The first-order valence-electron chi connectivity index (χ1n) is 16.2. The molecule has 0 saturated carbocycles. The van der Waals surface area contributed by atoms with Gasteiger partial charge in [0.05, 0.1) is 19.1 Å². The molecule has 0 aliphatic carbocycles. The van der Waals surface area contributed by atoms with Gasteiger partial charge in [-0.15, -0.1) is 0 Å². The molecule has 1 N–H and O–H groups in total. The number of carbonyl (C=O) groups excluding carboxylic acids is 2. The molecule has 1 amide bonds. The Labute approximate surface area is 277 Å². The Balaban J connectivity index is 1.60. The SMILES string of the molecule is CC(NC(=O)OC(C)(C)C)c1cccc(-c2cc(COc3ccccc3CC(=O)OC(C)(C)C)cc(OCC3CCOCC3)c2)c1F. The third kappa shape index (κ3) is 11.3. The van der Waals surface area contributed by atoms with E-state index in [4.69, 9.17) is 23.7 Å². The van der Waals surface area contributed by atoms with Gasteiger partial charge in [0.2, 0.25) is 0 Å². The zero-order chi connectivity index (χ0) is 34.2. The number of esters is 1. The van der Waals surface area contributed by atoms with Crippen LogP contribution >= 0.6 is 0 Å². The Bertz CT molecular complexity index is 1520. The summed E-state index contributed by atoms with van der Waals surface area (Å²) in [6, 6.07) is 17.4. The van der Waals surface area contributed by atoms with Gasteiger partial charge < -0.3 is 29.0 Å². The molecule has 1 atom stereocenters. The molecule has 0 aromatic heterocycles. The maximum Gasteiger partial charge on any atom is 0.408 e. The fraction of sp³-hybridized carbons (Fsp3) is 0.474. The summed E-state index contributed by atoms with van der Waals surface area (Å²) >= 11 is 0. The van der Waals surface area contributed by atoms with Crippen LogP contribution in [-0.4, -0.2) is 43.1 Å². The van der Waals surface area contributed by atoms with E-state index in [1.165, 1.54) is 0 Å². The van der Waals surface area contributed by atoms with E-state index in [2.05, 4.69) is 5.32 Å². The van der Waals surface area contributed by atoms with Gasteiger partial charge in [0, 0.05) is 29.9 Å². The second kappa shape index (κ2) is 15.7. The number of para-hydroxylation sites is 1. The highest BCUT2D eigenvalue weighted by Gasteiger charge is 2.23. The normalized spacial score (nSPS) is 14.6. The zero-order valence-electron chi connectivity index (χ0n) is 28.6. The van der Waals surface area contributed by atoms with Crippen molar-refractivity contribution >= 4 is 12.1 Å². The molecule has 0 radical (unpaired) electrons. The molecule has 1 heterocycles. The number of halogens is 1. The number of hydrogen-bond donors (Lipinski definition) is 1. The van der Waals surface area contributed by atoms with Gasteiger partial charge in [-0.05, 0) is 103 Å². The molecule has 0 spiro atoms. The van der Waals surface area contributed by atoms with Gasteiger partial charge in [0.1, 0.15) is 35.1 Å². The minimum Gasteiger partial charge on any atom is -0.493 e. The summed E-state index contributed by atoms with van der Waals surface area (Å²) in [4.78, 5) is 25.0. The Morgan fingerprint density at radius 3 is 2.32 bits per heavy atom. The van der Waals surface area contributed by atoms with E-state index in [-0.39, 0.29) is 19.0 Å². The number of hydrogen-bond acceptors (Lipinski definition) is 7. The summed E-state index contributed by atoms with van der Waals surface area (Å²) in [5.74, 6) is 0.729. The van der Waals surface area contributed by atoms with Crippen LogP contribution in [0, 0.1) is 11.7 Å². The van der Waals surface area contributed by atoms with Crippen LogP contribution in [0.5, 0.6) is 11.5 Å². The molecule has 1 unspecified atom stereocenters. The van der Waals surface area contributed by atoms with Crippen molar-refractivity contribution in [2.75, 3.05) is 19.8 Å². The molecule has 9 heteroatoms.